The number of aliphatic hydroxyl groups excluding tert-OH is 1. The van der Waals surface area contributed by atoms with E-state index < -0.39 is 6.10 Å². The molecular weight excluding hydrogens is 304 g/mol. The number of likely N-dealkylation sites (N-methyl/N-ethyl adjacent to an activating group) is 1. The molecule has 0 bridgehead atoms. The van der Waals surface area contributed by atoms with Gasteiger partial charge in [-0.3, -0.25) is 4.79 Å². The largest absolute Gasteiger partial charge is 0.491 e. The van der Waals surface area contributed by atoms with Crippen LogP contribution in [0.3, 0.4) is 0 Å². The number of amides is 1. The van der Waals surface area contributed by atoms with Crippen LogP contribution in [0, 0.1) is 5.92 Å². The van der Waals surface area contributed by atoms with Crippen LogP contribution in [0.15, 0.2) is 18.2 Å². The van der Waals surface area contributed by atoms with Crippen LogP contribution in [-0.2, 0) is 4.79 Å². The molecule has 2 unspecified atom stereocenters. The zero-order chi connectivity index (χ0) is 16.1. The van der Waals surface area contributed by atoms with Gasteiger partial charge in [0.05, 0.1) is 17.0 Å². The van der Waals surface area contributed by atoms with Gasteiger partial charge in [0.2, 0.25) is 5.91 Å². The van der Waals surface area contributed by atoms with Gasteiger partial charge in [-0.2, -0.15) is 0 Å². The fraction of sp³-hybridized carbons (Fsp3) is 0.562. The van der Waals surface area contributed by atoms with Crippen molar-refractivity contribution in [2.24, 2.45) is 5.92 Å². The Morgan fingerprint density at radius 3 is 2.82 bits per heavy atom. The second-order valence-electron chi connectivity index (χ2n) is 5.89. The van der Waals surface area contributed by atoms with Gasteiger partial charge in [0.1, 0.15) is 12.4 Å². The Labute approximate surface area is 136 Å². The highest BCUT2D eigenvalue weighted by Gasteiger charge is 2.31. The number of carbonyl (C=O) groups is 1. The van der Waals surface area contributed by atoms with E-state index in [1.165, 1.54) is 0 Å². The van der Waals surface area contributed by atoms with Gasteiger partial charge >= 0.3 is 0 Å². The van der Waals surface area contributed by atoms with Crippen LogP contribution in [0.2, 0.25) is 5.02 Å². The lowest BCUT2D eigenvalue weighted by Crippen LogP contribution is -2.28. The zero-order valence-electron chi connectivity index (χ0n) is 13.0. The summed E-state index contributed by atoms with van der Waals surface area (Å²) in [6.45, 7) is 1.35. The quantitative estimate of drug-likeness (QED) is 0.842. The maximum atomic E-state index is 12.1. The van der Waals surface area contributed by atoms with Crippen LogP contribution in [0.1, 0.15) is 19.3 Å². The Balaban J connectivity index is 1.92. The van der Waals surface area contributed by atoms with Crippen LogP contribution in [-0.4, -0.2) is 49.3 Å². The highest BCUT2D eigenvalue weighted by atomic mass is 35.5. The number of nitrogens with one attached hydrogen (secondary N) is 1. The number of halogens is 1. The summed E-state index contributed by atoms with van der Waals surface area (Å²) in [7, 11) is 3.95. The van der Waals surface area contributed by atoms with Gasteiger partial charge in [-0.25, -0.2) is 0 Å². The average molecular weight is 327 g/mol. The second-order valence-corrected chi connectivity index (χ2v) is 6.30. The van der Waals surface area contributed by atoms with E-state index in [2.05, 4.69) is 5.32 Å². The molecule has 22 heavy (non-hydrogen) atoms. The van der Waals surface area contributed by atoms with Gasteiger partial charge in [0, 0.05) is 12.2 Å². The Morgan fingerprint density at radius 1 is 1.45 bits per heavy atom. The average Bonchev–Trinajstić information content (AvgIpc) is 2.87. The van der Waals surface area contributed by atoms with Crippen molar-refractivity contribution in [3.05, 3.63) is 23.2 Å². The minimum atomic E-state index is -0.538. The number of rotatable bonds is 6. The topological polar surface area (TPSA) is 61.8 Å². The molecule has 0 aromatic heterocycles. The zero-order valence-corrected chi connectivity index (χ0v) is 13.8. The molecule has 5 nitrogen and oxygen atoms in total. The molecule has 2 rings (SSSR count). The smallest absolute Gasteiger partial charge is 0.230 e. The third-order valence-corrected chi connectivity index (χ3v) is 4.11. The number of ether oxygens (including phenoxy) is 1. The van der Waals surface area contributed by atoms with E-state index in [-0.39, 0.29) is 11.8 Å². The minimum absolute atomic E-state index is 0.151. The van der Waals surface area contributed by atoms with Crippen molar-refractivity contribution in [2.75, 3.05) is 32.6 Å². The lowest BCUT2D eigenvalue weighted by atomic mass is 10.1. The Hall–Kier alpha value is -1.30. The van der Waals surface area contributed by atoms with Gasteiger partial charge < -0.3 is 20.1 Å². The summed E-state index contributed by atoms with van der Waals surface area (Å²) in [6, 6.07) is 5.18. The molecule has 2 N–H and O–H groups in total. The van der Waals surface area contributed by atoms with Gasteiger partial charge in [-0.15, -0.1) is 0 Å². The minimum Gasteiger partial charge on any atom is -0.491 e. The SMILES string of the molecule is CN(C)CCOc1ccc(NC(=O)C2CCCC2O)cc1Cl. The maximum Gasteiger partial charge on any atom is 0.230 e. The molecule has 1 aliphatic carbocycles. The number of nitrogens with zero attached hydrogens (tertiary/aromatic N) is 1. The predicted octanol–water partition coefficient (Wildman–Crippen LogP) is 2.38. The van der Waals surface area contributed by atoms with Crippen molar-refractivity contribution in [1.29, 1.82) is 0 Å². The van der Waals surface area contributed by atoms with Gasteiger partial charge in [-0.1, -0.05) is 11.6 Å². The molecule has 1 aromatic rings. The molecule has 2 atom stereocenters. The molecule has 0 heterocycles. The third-order valence-electron chi connectivity index (χ3n) is 3.81. The molecule has 1 amide bonds. The summed E-state index contributed by atoms with van der Waals surface area (Å²) in [5.41, 5.74) is 0.619. The lowest BCUT2D eigenvalue weighted by Gasteiger charge is -2.16. The van der Waals surface area contributed by atoms with E-state index in [1.54, 1.807) is 18.2 Å². The van der Waals surface area contributed by atoms with Crippen molar-refractivity contribution in [3.8, 4) is 5.75 Å². The first-order chi connectivity index (χ1) is 10.5. The van der Waals surface area contributed by atoms with E-state index in [9.17, 15) is 9.90 Å². The number of hydrogen-bond acceptors (Lipinski definition) is 4. The van der Waals surface area contributed by atoms with Crippen LogP contribution in [0.5, 0.6) is 5.75 Å². The molecule has 0 radical (unpaired) electrons. The van der Waals surface area contributed by atoms with Crippen LogP contribution < -0.4 is 10.1 Å². The predicted molar refractivity (Wildman–Crippen MR) is 87.5 cm³/mol. The molecule has 0 aliphatic heterocycles. The fourth-order valence-electron chi connectivity index (χ4n) is 2.52. The molecule has 0 saturated heterocycles. The number of aliphatic hydroxyl groups is 1. The molecule has 6 heteroatoms. The van der Waals surface area contributed by atoms with E-state index in [0.717, 1.165) is 19.4 Å². The fourth-order valence-corrected chi connectivity index (χ4v) is 2.75. The number of benzene rings is 1. The molecule has 1 aromatic carbocycles. The first-order valence-corrected chi connectivity index (χ1v) is 7.91. The van der Waals surface area contributed by atoms with Crippen LogP contribution in [0.25, 0.3) is 0 Å². The summed E-state index contributed by atoms with van der Waals surface area (Å²) >= 11 is 6.18. The summed E-state index contributed by atoms with van der Waals surface area (Å²) in [6.07, 6.45) is 1.77. The Morgan fingerprint density at radius 2 is 2.23 bits per heavy atom. The highest BCUT2D eigenvalue weighted by molar-refractivity contribution is 6.32. The highest BCUT2D eigenvalue weighted by Crippen LogP contribution is 2.30. The molecule has 0 spiro atoms. The standard InChI is InChI=1S/C16H23ClN2O3/c1-19(2)8-9-22-15-7-6-11(10-13(15)17)18-16(21)12-4-3-5-14(12)20/h6-7,10,12,14,20H,3-5,8-9H2,1-2H3,(H,18,21). The molecule has 122 valence electrons. The lowest BCUT2D eigenvalue weighted by molar-refractivity contribution is -0.122. The van der Waals surface area contributed by atoms with Gasteiger partial charge in [0.15, 0.2) is 0 Å². The molecular formula is C16H23ClN2O3. The van der Waals surface area contributed by atoms with E-state index in [0.29, 0.717) is 29.5 Å². The second kappa shape index (κ2) is 7.81. The summed E-state index contributed by atoms with van der Waals surface area (Å²) in [4.78, 5) is 14.1. The molecule has 1 aliphatic rings. The van der Waals surface area contributed by atoms with Crippen molar-refractivity contribution >= 4 is 23.2 Å². The third kappa shape index (κ3) is 4.60. The molecule has 1 fully saturated rings. The summed E-state index contributed by atoms with van der Waals surface area (Å²) < 4.78 is 5.60. The first kappa shape index (κ1) is 17.1. The van der Waals surface area contributed by atoms with E-state index in [1.807, 2.05) is 19.0 Å². The number of anilines is 1. The monoisotopic (exact) mass is 326 g/mol. The van der Waals surface area contributed by atoms with Crippen LogP contribution in [0.4, 0.5) is 5.69 Å². The number of carbonyl (C=O) groups excluding carboxylic acids is 1. The summed E-state index contributed by atoms with van der Waals surface area (Å²) in [5.74, 6) is 0.125. The van der Waals surface area contributed by atoms with Gasteiger partial charge in [-0.05, 0) is 51.6 Å². The van der Waals surface area contributed by atoms with Crippen LogP contribution >= 0.6 is 11.6 Å². The number of hydrogen-bond donors (Lipinski definition) is 2. The van der Waals surface area contributed by atoms with Crippen molar-refractivity contribution in [2.45, 2.75) is 25.4 Å². The first-order valence-electron chi connectivity index (χ1n) is 7.53. The van der Waals surface area contributed by atoms with Crippen molar-refractivity contribution in [1.82, 2.24) is 4.90 Å². The summed E-state index contributed by atoms with van der Waals surface area (Å²) in [5, 5.41) is 13.0. The van der Waals surface area contributed by atoms with Crippen molar-refractivity contribution < 1.29 is 14.6 Å². The van der Waals surface area contributed by atoms with Gasteiger partial charge in [0.25, 0.3) is 0 Å². The molecule has 1 saturated carbocycles. The Kier molecular flexibility index (Phi) is 6.06. The Bertz CT molecular complexity index is 522. The van der Waals surface area contributed by atoms with E-state index >= 15 is 0 Å². The van der Waals surface area contributed by atoms with E-state index in [4.69, 9.17) is 16.3 Å². The maximum absolute atomic E-state index is 12.1. The normalized spacial score (nSPS) is 21.1. The van der Waals surface area contributed by atoms with Crippen molar-refractivity contribution in [3.63, 3.8) is 0 Å².